The molecule has 154 valence electrons. The minimum atomic E-state index is -1.25. The standard InChI is InChI=1S/C17H27N7O4/c18-11(2-1-3-12(19)17(20)28)16(27)15-13(25)4-5-14(26)24(15)23-7-6-10-8-21-9-22-10/h8-9,11-12,15,23H,1-7,18-19H2,(H2,20,28)(H,21,22)/t11?,12-,15-/m0/s1. The number of ketones is 2. The number of hydrogen-bond acceptors (Lipinski definition) is 8. The molecular formula is C17H27N7O4. The predicted molar refractivity (Wildman–Crippen MR) is 99.2 cm³/mol. The first-order valence-electron chi connectivity index (χ1n) is 9.21. The van der Waals surface area contributed by atoms with Gasteiger partial charge in [0.15, 0.2) is 17.6 Å². The molecule has 11 nitrogen and oxygen atoms in total. The molecular weight excluding hydrogens is 366 g/mol. The number of H-pyrrole nitrogens is 1. The molecule has 3 atom stereocenters. The Morgan fingerprint density at radius 1 is 1.25 bits per heavy atom. The number of piperidine rings is 1. The van der Waals surface area contributed by atoms with E-state index in [0.29, 0.717) is 25.8 Å². The number of amides is 2. The first-order valence-corrected chi connectivity index (χ1v) is 9.21. The molecule has 0 spiro atoms. The largest absolute Gasteiger partial charge is 0.368 e. The van der Waals surface area contributed by atoms with E-state index in [9.17, 15) is 19.2 Å². The van der Waals surface area contributed by atoms with Crippen molar-refractivity contribution in [1.82, 2.24) is 20.4 Å². The van der Waals surface area contributed by atoms with Gasteiger partial charge in [-0.15, -0.1) is 0 Å². The van der Waals surface area contributed by atoms with Crippen molar-refractivity contribution in [2.75, 3.05) is 6.54 Å². The zero-order chi connectivity index (χ0) is 20.7. The van der Waals surface area contributed by atoms with Crippen LogP contribution in [0.1, 0.15) is 37.8 Å². The van der Waals surface area contributed by atoms with E-state index in [2.05, 4.69) is 15.4 Å². The van der Waals surface area contributed by atoms with E-state index in [-0.39, 0.29) is 31.0 Å². The molecule has 28 heavy (non-hydrogen) atoms. The monoisotopic (exact) mass is 393 g/mol. The van der Waals surface area contributed by atoms with Crippen LogP contribution in [0, 0.1) is 0 Å². The number of nitrogens with zero attached hydrogens (tertiary/aromatic N) is 2. The molecule has 0 radical (unpaired) electrons. The van der Waals surface area contributed by atoms with Crippen molar-refractivity contribution in [2.24, 2.45) is 17.2 Å². The maximum atomic E-state index is 12.7. The average molecular weight is 393 g/mol. The molecule has 1 saturated heterocycles. The van der Waals surface area contributed by atoms with Gasteiger partial charge in [0.25, 0.3) is 0 Å². The summed E-state index contributed by atoms with van der Waals surface area (Å²) in [5.41, 5.74) is 20.3. The fourth-order valence-corrected chi connectivity index (χ4v) is 3.02. The molecule has 2 amide bonds. The number of aromatic amines is 1. The van der Waals surface area contributed by atoms with Crippen LogP contribution in [0.4, 0.5) is 0 Å². The molecule has 1 fully saturated rings. The Morgan fingerprint density at radius 2 is 1.96 bits per heavy atom. The molecule has 1 aromatic heterocycles. The lowest BCUT2D eigenvalue weighted by Gasteiger charge is -2.34. The topological polar surface area (TPSA) is 190 Å². The van der Waals surface area contributed by atoms with Crippen molar-refractivity contribution in [2.45, 2.75) is 56.7 Å². The summed E-state index contributed by atoms with van der Waals surface area (Å²) in [4.78, 5) is 55.2. The van der Waals surface area contributed by atoms with Gasteiger partial charge in [0, 0.05) is 32.0 Å². The van der Waals surface area contributed by atoms with Gasteiger partial charge in [-0.2, -0.15) is 0 Å². The number of primary amides is 1. The van der Waals surface area contributed by atoms with Crippen molar-refractivity contribution in [3.63, 3.8) is 0 Å². The van der Waals surface area contributed by atoms with Crippen LogP contribution in [0.25, 0.3) is 0 Å². The Bertz CT molecular complexity index is 706. The molecule has 0 aromatic carbocycles. The third kappa shape index (κ3) is 5.68. The third-order valence-corrected chi connectivity index (χ3v) is 4.67. The fourth-order valence-electron chi connectivity index (χ4n) is 3.02. The van der Waals surface area contributed by atoms with E-state index in [1.54, 1.807) is 12.5 Å². The predicted octanol–water partition coefficient (Wildman–Crippen LogP) is -2.10. The Labute approximate surface area is 162 Å². The number of hydrogen-bond donors (Lipinski definition) is 5. The first kappa shape index (κ1) is 21.7. The van der Waals surface area contributed by atoms with Gasteiger partial charge in [0.05, 0.1) is 24.1 Å². The number of aromatic nitrogens is 2. The van der Waals surface area contributed by atoms with Crippen LogP contribution >= 0.6 is 0 Å². The lowest BCUT2D eigenvalue weighted by Crippen LogP contribution is -2.62. The summed E-state index contributed by atoms with van der Waals surface area (Å²) in [6.45, 7) is 0.330. The van der Waals surface area contributed by atoms with E-state index >= 15 is 0 Å². The van der Waals surface area contributed by atoms with Crippen molar-refractivity contribution in [1.29, 1.82) is 0 Å². The molecule has 1 unspecified atom stereocenters. The molecule has 0 aliphatic carbocycles. The summed E-state index contributed by atoms with van der Waals surface area (Å²) in [6.07, 6.45) is 4.75. The van der Waals surface area contributed by atoms with Crippen molar-refractivity contribution in [3.05, 3.63) is 18.2 Å². The molecule has 1 aromatic rings. The molecule has 8 N–H and O–H groups in total. The van der Waals surface area contributed by atoms with Gasteiger partial charge >= 0.3 is 0 Å². The third-order valence-electron chi connectivity index (χ3n) is 4.67. The maximum Gasteiger partial charge on any atom is 0.238 e. The van der Waals surface area contributed by atoms with Crippen LogP contribution in [0.15, 0.2) is 12.5 Å². The smallest absolute Gasteiger partial charge is 0.238 e. The van der Waals surface area contributed by atoms with Gasteiger partial charge in [-0.3, -0.25) is 24.2 Å². The highest BCUT2D eigenvalue weighted by molar-refractivity contribution is 6.12. The van der Waals surface area contributed by atoms with Crippen LogP contribution in [-0.4, -0.2) is 63.0 Å². The Kier molecular flexibility index (Phi) is 7.79. The second kappa shape index (κ2) is 10.1. The number of Topliss-reactive ketones (excluding diaryl/α,β-unsaturated/α-hetero) is 2. The maximum absolute atomic E-state index is 12.7. The summed E-state index contributed by atoms with van der Waals surface area (Å²) in [6, 6.07) is -3.00. The van der Waals surface area contributed by atoms with Crippen molar-refractivity contribution in [3.8, 4) is 0 Å². The zero-order valence-electron chi connectivity index (χ0n) is 15.6. The second-order valence-corrected chi connectivity index (χ2v) is 6.80. The number of nitrogens with two attached hydrogens (primary N) is 3. The average Bonchev–Trinajstić information content (AvgIpc) is 3.17. The van der Waals surface area contributed by atoms with Gasteiger partial charge in [-0.1, -0.05) is 0 Å². The summed E-state index contributed by atoms with van der Waals surface area (Å²) in [5.74, 6) is -1.83. The normalized spacial score (nSPS) is 19.5. The van der Waals surface area contributed by atoms with Crippen LogP contribution < -0.4 is 22.6 Å². The Balaban J connectivity index is 1.94. The Hall–Kier alpha value is -2.63. The van der Waals surface area contributed by atoms with Crippen molar-refractivity contribution < 1.29 is 19.2 Å². The lowest BCUT2D eigenvalue weighted by atomic mass is 9.92. The van der Waals surface area contributed by atoms with E-state index in [4.69, 9.17) is 17.2 Å². The van der Waals surface area contributed by atoms with E-state index < -0.39 is 29.8 Å². The molecule has 0 bridgehead atoms. The fraction of sp³-hybridized carbons (Fsp3) is 0.588. The van der Waals surface area contributed by atoms with Crippen LogP contribution in [0.3, 0.4) is 0 Å². The highest BCUT2D eigenvalue weighted by Gasteiger charge is 2.41. The minimum absolute atomic E-state index is 0.00601. The van der Waals surface area contributed by atoms with E-state index in [1.807, 2.05) is 0 Å². The minimum Gasteiger partial charge on any atom is -0.368 e. The summed E-state index contributed by atoms with van der Waals surface area (Å²) in [5, 5.41) is 1.09. The van der Waals surface area contributed by atoms with Gasteiger partial charge in [0.1, 0.15) is 0 Å². The van der Waals surface area contributed by atoms with E-state index in [1.165, 1.54) is 0 Å². The first-order chi connectivity index (χ1) is 13.3. The molecule has 11 heteroatoms. The SMILES string of the molecule is NC(=O)[C@@H](N)CCCC(N)C(=O)[C@@H]1C(=O)CCC(=O)N1NCCc1c[nH]cn1. The van der Waals surface area contributed by atoms with Gasteiger partial charge in [-0.25, -0.2) is 10.4 Å². The molecule has 2 rings (SSSR count). The highest BCUT2D eigenvalue weighted by atomic mass is 16.2. The lowest BCUT2D eigenvalue weighted by molar-refractivity contribution is -0.154. The second-order valence-electron chi connectivity index (χ2n) is 6.80. The van der Waals surface area contributed by atoms with Gasteiger partial charge in [-0.05, 0) is 19.3 Å². The molecule has 1 aliphatic heterocycles. The number of carbonyl (C=O) groups is 4. The number of carbonyl (C=O) groups excluding carboxylic acids is 4. The van der Waals surface area contributed by atoms with Gasteiger partial charge in [0.2, 0.25) is 11.8 Å². The number of hydrazine groups is 1. The number of nitrogens with one attached hydrogen (secondary N) is 2. The number of rotatable bonds is 11. The van der Waals surface area contributed by atoms with Crippen molar-refractivity contribution >= 4 is 23.4 Å². The summed E-state index contributed by atoms with van der Waals surface area (Å²) >= 11 is 0. The summed E-state index contributed by atoms with van der Waals surface area (Å²) < 4.78 is 0. The molecule has 1 aliphatic rings. The molecule has 2 heterocycles. The quantitative estimate of drug-likeness (QED) is 0.264. The van der Waals surface area contributed by atoms with Crippen LogP contribution in [0.5, 0.6) is 0 Å². The van der Waals surface area contributed by atoms with Crippen LogP contribution in [-0.2, 0) is 25.6 Å². The van der Waals surface area contributed by atoms with Crippen LogP contribution in [0.2, 0.25) is 0 Å². The van der Waals surface area contributed by atoms with E-state index in [0.717, 1.165) is 10.7 Å². The van der Waals surface area contributed by atoms with Gasteiger partial charge < -0.3 is 22.2 Å². The summed E-state index contributed by atoms with van der Waals surface area (Å²) in [7, 11) is 0. The zero-order valence-corrected chi connectivity index (χ0v) is 15.6. The number of imidazole rings is 1. The Morgan fingerprint density at radius 3 is 2.61 bits per heavy atom. The molecule has 0 saturated carbocycles. The highest BCUT2D eigenvalue weighted by Crippen LogP contribution is 2.17.